The molecule has 4 rings (SSSR count). The normalized spacial score (nSPS) is 11.3. The molecule has 1 N–H and O–H groups in total. The number of nitro benzene ring substituents is 1. The Bertz CT molecular complexity index is 1250. The van der Waals surface area contributed by atoms with E-state index in [0.29, 0.717) is 17.8 Å². The van der Waals surface area contributed by atoms with E-state index < -0.39 is 4.92 Å². The zero-order valence-electron chi connectivity index (χ0n) is 16.2. The van der Waals surface area contributed by atoms with Crippen molar-refractivity contribution in [2.75, 3.05) is 5.43 Å². The molecule has 4 aromatic rings. The van der Waals surface area contributed by atoms with Crippen LogP contribution in [0.4, 0.5) is 15.8 Å². The fraction of sp³-hybridized carbons (Fsp3) is 0.0870. The number of hydrogen-bond donors (Lipinski definition) is 1. The Morgan fingerprint density at radius 3 is 2.50 bits per heavy atom. The van der Waals surface area contributed by atoms with Gasteiger partial charge in [-0.15, -0.1) is 0 Å². The summed E-state index contributed by atoms with van der Waals surface area (Å²) in [6.45, 7) is 2.40. The predicted molar refractivity (Wildman–Crippen MR) is 116 cm³/mol. The van der Waals surface area contributed by atoms with E-state index in [1.807, 2.05) is 37.3 Å². The summed E-state index contributed by atoms with van der Waals surface area (Å²) in [6.07, 6.45) is 1.72. The summed E-state index contributed by atoms with van der Waals surface area (Å²) in [7, 11) is 0. The Kier molecular flexibility index (Phi) is 5.26. The highest BCUT2D eigenvalue weighted by molar-refractivity contribution is 6.01. The molecule has 6 nitrogen and oxygen atoms in total. The molecule has 0 bridgehead atoms. The summed E-state index contributed by atoms with van der Waals surface area (Å²) >= 11 is 0. The van der Waals surface area contributed by atoms with E-state index in [-0.39, 0.29) is 11.5 Å². The number of nitrogens with zero attached hydrogens (tertiary/aromatic N) is 3. The predicted octanol–water partition coefficient (Wildman–Crippen LogP) is 5.49. The van der Waals surface area contributed by atoms with Gasteiger partial charge in [0.2, 0.25) is 0 Å². The third kappa shape index (κ3) is 3.77. The molecule has 0 saturated heterocycles. The number of nitro groups is 1. The third-order valence-corrected chi connectivity index (χ3v) is 5.03. The van der Waals surface area contributed by atoms with Crippen LogP contribution in [0.2, 0.25) is 0 Å². The van der Waals surface area contributed by atoms with Gasteiger partial charge < -0.3 is 4.57 Å². The largest absolute Gasteiger partial charge is 0.340 e. The Morgan fingerprint density at radius 1 is 1.07 bits per heavy atom. The summed E-state index contributed by atoms with van der Waals surface area (Å²) in [5.74, 6) is -0.232. The number of para-hydroxylation sites is 1. The lowest BCUT2D eigenvalue weighted by Gasteiger charge is -2.09. The van der Waals surface area contributed by atoms with Crippen LogP contribution in [-0.2, 0) is 6.54 Å². The van der Waals surface area contributed by atoms with Gasteiger partial charge in [-0.1, -0.05) is 36.4 Å². The zero-order chi connectivity index (χ0) is 21.1. The van der Waals surface area contributed by atoms with Gasteiger partial charge in [0.05, 0.1) is 23.4 Å². The van der Waals surface area contributed by atoms with Crippen molar-refractivity contribution in [2.45, 2.75) is 13.5 Å². The second kappa shape index (κ2) is 8.16. The van der Waals surface area contributed by atoms with Gasteiger partial charge in [-0.3, -0.25) is 15.5 Å². The second-order valence-corrected chi connectivity index (χ2v) is 6.87. The maximum atomic E-state index is 14.2. The first-order valence-electron chi connectivity index (χ1n) is 9.39. The first kappa shape index (κ1) is 19.3. The number of aromatic nitrogens is 1. The molecule has 0 saturated carbocycles. The molecule has 0 amide bonds. The van der Waals surface area contributed by atoms with Crippen LogP contribution in [0.3, 0.4) is 0 Å². The topological polar surface area (TPSA) is 72.5 Å². The number of hydrazone groups is 1. The van der Waals surface area contributed by atoms with Crippen molar-refractivity contribution in [3.63, 3.8) is 0 Å². The van der Waals surface area contributed by atoms with Crippen LogP contribution < -0.4 is 5.43 Å². The summed E-state index contributed by atoms with van der Waals surface area (Å²) in [4.78, 5) is 10.3. The number of benzene rings is 3. The number of halogens is 1. The SMILES string of the molecule is Cc1c(/C=N/Nc2ccc([N+](=O)[O-])cc2)c2ccccc2n1Cc1ccccc1F. The minimum atomic E-state index is -0.444. The molecule has 3 aromatic carbocycles. The number of non-ortho nitro benzene ring substituents is 1. The minimum absolute atomic E-state index is 0.0246. The third-order valence-electron chi connectivity index (χ3n) is 5.03. The van der Waals surface area contributed by atoms with Crippen molar-refractivity contribution in [1.82, 2.24) is 4.57 Å². The monoisotopic (exact) mass is 402 g/mol. The second-order valence-electron chi connectivity index (χ2n) is 6.87. The standard InChI is InChI=1S/C23H19FN4O2/c1-16-21(14-25-26-18-10-12-19(13-11-18)28(29)30)20-7-3-5-9-23(20)27(16)15-17-6-2-4-8-22(17)24/h2-14,26H,15H2,1H3/b25-14+. The molecule has 0 radical (unpaired) electrons. The highest BCUT2D eigenvalue weighted by Crippen LogP contribution is 2.26. The van der Waals surface area contributed by atoms with Gasteiger partial charge in [-0.25, -0.2) is 4.39 Å². The maximum absolute atomic E-state index is 14.2. The van der Waals surface area contributed by atoms with Crippen molar-refractivity contribution in [3.05, 3.63) is 106 Å². The van der Waals surface area contributed by atoms with E-state index >= 15 is 0 Å². The van der Waals surface area contributed by atoms with E-state index in [2.05, 4.69) is 15.1 Å². The van der Waals surface area contributed by atoms with Crippen LogP contribution in [0, 0.1) is 22.9 Å². The fourth-order valence-corrected chi connectivity index (χ4v) is 3.45. The Balaban J connectivity index is 1.64. The van der Waals surface area contributed by atoms with Gasteiger partial charge in [0.25, 0.3) is 5.69 Å². The van der Waals surface area contributed by atoms with Gasteiger partial charge >= 0.3 is 0 Å². The van der Waals surface area contributed by atoms with Gasteiger partial charge in [-0.05, 0) is 31.2 Å². The Hall–Kier alpha value is -4.00. The Morgan fingerprint density at radius 2 is 1.77 bits per heavy atom. The average Bonchev–Trinajstić information content (AvgIpc) is 3.01. The molecule has 150 valence electrons. The molecule has 0 aliphatic heterocycles. The minimum Gasteiger partial charge on any atom is -0.340 e. The van der Waals surface area contributed by atoms with Crippen molar-refractivity contribution >= 4 is 28.5 Å². The van der Waals surface area contributed by atoms with E-state index in [1.165, 1.54) is 18.2 Å². The maximum Gasteiger partial charge on any atom is 0.269 e. The van der Waals surface area contributed by atoms with Crippen LogP contribution in [0.25, 0.3) is 10.9 Å². The summed E-state index contributed by atoms with van der Waals surface area (Å²) in [5, 5.41) is 16.1. The smallest absolute Gasteiger partial charge is 0.269 e. The summed E-state index contributed by atoms with van der Waals surface area (Å²) < 4.78 is 16.3. The molecule has 1 heterocycles. The molecule has 1 aromatic heterocycles. The summed E-state index contributed by atoms with van der Waals surface area (Å²) in [5.41, 5.74) is 7.07. The number of anilines is 1. The van der Waals surface area contributed by atoms with Gasteiger partial charge in [0.15, 0.2) is 0 Å². The first-order valence-corrected chi connectivity index (χ1v) is 9.39. The van der Waals surface area contributed by atoms with Crippen LogP contribution in [-0.4, -0.2) is 15.7 Å². The number of rotatable bonds is 6. The molecular weight excluding hydrogens is 383 g/mol. The molecule has 0 atom stereocenters. The van der Waals surface area contributed by atoms with E-state index in [9.17, 15) is 14.5 Å². The van der Waals surface area contributed by atoms with E-state index in [1.54, 1.807) is 30.5 Å². The Labute approximate surface area is 172 Å². The lowest BCUT2D eigenvalue weighted by atomic mass is 10.1. The number of hydrogen-bond acceptors (Lipinski definition) is 4. The molecule has 0 spiro atoms. The van der Waals surface area contributed by atoms with Gasteiger partial charge in [0.1, 0.15) is 5.82 Å². The lowest BCUT2D eigenvalue weighted by Crippen LogP contribution is -2.04. The quantitative estimate of drug-likeness (QED) is 0.263. The number of nitrogens with one attached hydrogen (secondary N) is 1. The molecule has 7 heteroatoms. The molecule has 0 aliphatic carbocycles. The fourth-order valence-electron chi connectivity index (χ4n) is 3.45. The molecular formula is C23H19FN4O2. The summed E-state index contributed by atoms with van der Waals surface area (Å²) in [6, 6.07) is 20.7. The lowest BCUT2D eigenvalue weighted by molar-refractivity contribution is -0.384. The van der Waals surface area contributed by atoms with E-state index in [4.69, 9.17) is 0 Å². The number of fused-ring (bicyclic) bond motifs is 1. The van der Waals surface area contributed by atoms with E-state index in [0.717, 1.165) is 22.2 Å². The highest BCUT2D eigenvalue weighted by Gasteiger charge is 2.14. The molecule has 0 unspecified atom stereocenters. The zero-order valence-corrected chi connectivity index (χ0v) is 16.2. The van der Waals surface area contributed by atoms with Crippen molar-refractivity contribution < 1.29 is 9.31 Å². The van der Waals surface area contributed by atoms with Crippen molar-refractivity contribution in [3.8, 4) is 0 Å². The van der Waals surface area contributed by atoms with Crippen LogP contribution in [0.1, 0.15) is 16.8 Å². The van der Waals surface area contributed by atoms with Crippen molar-refractivity contribution in [1.29, 1.82) is 0 Å². The molecule has 0 fully saturated rings. The van der Waals surface area contributed by atoms with Crippen molar-refractivity contribution in [2.24, 2.45) is 5.10 Å². The van der Waals surface area contributed by atoms with Crippen LogP contribution in [0.15, 0.2) is 77.9 Å². The van der Waals surface area contributed by atoms with Gasteiger partial charge in [-0.2, -0.15) is 5.10 Å². The first-order chi connectivity index (χ1) is 14.5. The van der Waals surface area contributed by atoms with Gasteiger partial charge in [0, 0.05) is 39.9 Å². The van der Waals surface area contributed by atoms with Crippen LogP contribution in [0.5, 0.6) is 0 Å². The molecule has 30 heavy (non-hydrogen) atoms. The highest BCUT2D eigenvalue weighted by atomic mass is 19.1. The van der Waals surface area contributed by atoms with Crippen LogP contribution >= 0.6 is 0 Å². The molecule has 0 aliphatic rings. The average molecular weight is 402 g/mol.